The molecule has 1 aliphatic heterocycles. The normalized spacial score (nSPS) is 15.8. The Balaban J connectivity index is 1.49. The van der Waals surface area contributed by atoms with Gasteiger partial charge in [0, 0.05) is 62.5 Å². The molecular formula is C23H29ClN8O2S. The van der Waals surface area contributed by atoms with E-state index in [1.165, 1.54) is 4.88 Å². The average Bonchev–Trinajstić information content (AvgIpc) is 3.57. The molecule has 1 atom stereocenters. The van der Waals surface area contributed by atoms with Crippen molar-refractivity contribution in [3.8, 4) is 5.95 Å². The lowest BCUT2D eigenvalue weighted by molar-refractivity contribution is -0.121. The molecule has 4 heterocycles. The zero-order valence-corrected chi connectivity index (χ0v) is 21.1. The van der Waals surface area contributed by atoms with Gasteiger partial charge >= 0.3 is 6.03 Å². The van der Waals surface area contributed by atoms with Gasteiger partial charge in [-0.1, -0.05) is 24.6 Å². The predicted molar refractivity (Wildman–Crippen MR) is 136 cm³/mol. The molecule has 0 aromatic carbocycles. The van der Waals surface area contributed by atoms with E-state index in [1.54, 1.807) is 45.6 Å². The first kappa shape index (κ1) is 24.9. The van der Waals surface area contributed by atoms with Crippen LogP contribution >= 0.6 is 22.9 Å². The van der Waals surface area contributed by atoms with Crippen LogP contribution in [0, 0.1) is 0 Å². The molecule has 4 rings (SSSR count). The summed E-state index contributed by atoms with van der Waals surface area (Å²) in [6, 6.07) is 5.37. The fourth-order valence-corrected chi connectivity index (χ4v) is 4.84. The predicted octanol–water partition coefficient (Wildman–Crippen LogP) is 2.74. The smallest absolute Gasteiger partial charge is 0.317 e. The number of hydrogen-bond donors (Lipinski definition) is 2. The molecular weight excluding hydrogens is 488 g/mol. The third-order valence-electron chi connectivity index (χ3n) is 5.69. The first-order chi connectivity index (χ1) is 17.0. The Morgan fingerprint density at radius 1 is 1.23 bits per heavy atom. The quantitative estimate of drug-likeness (QED) is 0.423. The van der Waals surface area contributed by atoms with Gasteiger partial charge in [0.25, 0.3) is 0 Å². The zero-order chi connectivity index (χ0) is 24.6. The minimum Gasteiger partial charge on any atom is -0.356 e. The van der Waals surface area contributed by atoms with Gasteiger partial charge in [0.2, 0.25) is 11.9 Å². The minimum atomic E-state index is -0.264. The molecule has 1 fully saturated rings. The summed E-state index contributed by atoms with van der Waals surface area (Å²) in [5.41, 5.74) is 0. The molecule has 1 unspecified atom stereocenters. The van der Waals surface area contributed by atoms with Crippen LogP contribution in [0.5, 0.6) is 0 Å². The molecule has 35 heavy (non-hydrogen) atoms. The molecule has 0 bridgehead atoms. The molecule has 0 spiro atoms. The number of nitrogens with zero attached hydrogens (tertiary/aromatic N) is 6. The van der Waals surface area contributed by atoms with Crippen LogP contribution in [-0.2, 0) is 11.2 Å². The SMILES string of the molecule is CCCNC(=O)N1CCN(c2cc(Cl)nc(-n3ccnc3)n2)C(CC(=O)NCCc2cccs2)C1. The van der Waals surface area contributed by atoms with Crippen molar-refractivity contribution in [2.75, 3.05) is 37.6 Å². The first-order valence-electron chi connectivity index (χ1n) is 11.6. The third kappa shape index (κ3) is 6.70. The Morgan fingerprint density at radius 3 is 2.86 bits per heavy atom. The van der Waals surface area contributed by atoms with Crippen molar-refractivity contribution in [2.24, 2.45) is 0 Å². The molecule has 3 amide bonds. The number of thiophene rings is 1. The standard InChI is InChI=1S/C23H29ClN8O2S/c1-2-6-27-23(34)30-10-11-32(20-14-19(24)28-22(29-20)31-9-8-25-16-31)17(15-30)13-21(33)26-7-5-18-4-3-12-35-18/h3-4,8-9,12,14,16-17H,2,5-7,10-11,13,15H2,1H3,(H,26,33)(H,27,34). The molecule has 3 aromatic heterocycles. The van der Waals surface area contributed by atoms with Gasteiger partial charge in [0.1, 0.15) is 17.3 Å². The number of imidazole rings is 1. The number of urea groups is 1. The van der Waals surface area contributed by atoms with Gasteiger partial charge in [0.15, 0.2) is 0 Å². The molecule has 0 radical (unpaired) electrons. The van der Waals surface area contributed by atoms with Crippen molar-refractivity contribution in [1.82, 2.24) is 35.1 Å². The summed E-state index contributed by atoms with van der Waals surface area (Å²) < 4.78 is 1.68. The molecule has 12 heteroatoms. The van der Waals surface area contributed by atoms with Crippen LogP contribution in [0.1, 0.15) is 24.6 Å². The molecule has 1 saturated heterocycles. The number of rotatable bonds is 9. The van der Waals surface area contributed by atoms with E-state index in [4.69, 9.17) is 11.6 Å². The summed E-state index contributed by atoms with van der Waals surface area (Å²) in [6.45, 7) is 4.62. The largest absolute Gasteiger partial charge is 0.356 e. The van der Waals surface area contributed by atoms with Crippen molar-refractivity contribution in [1.29, 1.82) is 0 Å². The second-order valence-corrected chi connectivity index (χ2v) is 9.65. The lowest BCUT2D eigenvalue weighted by Gasteiger charge is -2.42. The van der Waals surface area contributed by atoms with E-state index in [9.17, 15) is 9.59 Å². The molecule has 3 aromatic rings. The summed E-state index contributed by atoms with van der Waals surface area (Å²) in [4.78, 5) is 43.5. The van der Waals surface area contributed by atoms with Crippen LogP contribution in [0.4, 0.5) is 10.6 Å². The lowest BCUT2D eigenvalue weighted by atomic mass is 10.1. The number of amides is 3. The Bertz CT molecular complexity index is 1110. The number of anilines is 1. The Morgan fingerprint density at radius 2 is 2.11 bits per heavy atom. The molecule has 1 aliphatic rings. The second-order valence-electron chi connectivity index (χ2n) is 8.23. The Hall–Kier alpha value is -3.18. The molecule has 10 nitrogen and oxygen atoms in total. The van der Waals surface area contributed by atoms with Crippen LogP contribution in [0.3, 0.4) is 0 Å². The van der Waals surface area contributed by atoms with Gasteiger partial charge in [-0.05, 0) is 24.3 Å². The van der Waals surface area contributed by atoms with E-state index in [0.717, 1.165) is 12.8 Å². The monoisotopic (exact) mass is 516 g/mol. The Kier molecular flexibility index (Phi) is 8.54. The highest BCUT2D eigenvalue weighted by atomic mass is 35.5. The van der Waals surface area contributed by atoms with Crippen LogP contribution in [0.25, 0.3) is 5.95 Å². The summed E-state index contributed by atoms with van der Waals surface area (Å²) in [5, 5.41) is 8.26. The maximum absolute atomic E-state index is 12.9. The summed E-state index contributed by atoms with van der Waals surface area (Å²) >= 11 is 8.00. The van der Waals surface area contributed by atoms with Crippen molar-refractivity contribution >= 4 is 40.7 Å². The summed E-state index contributed by atoms with van der Waals surface area (Å²) in [7, 11) is 0. The van der Waals surface area contributed by atoms with Crippen molar-refractivity contribution < 1.29 is 9.59 Å². The number of carbonyl (C=O) groups excluding carboxylic acids is 2. The molecule has 0 aliphatic carbocycles. The topological polar surface area (TPSA) is 108 Å². The number of halogens is 1. The van der Waals surface area contributed by atoms with E-state index in [1.807, 2.05) is 23.3 Å². The van der Waals surface area contributed by atoms with Crippen LogP contribution in [0.15, 0.2) is 42.3 Å². The number of piperazine rings is 1. The molecule has 0 saturated carbocycles. The third-order valence-corrected chi connectivity index (χ3v) is 6.82. The highest BCUT2D eigenvalue weighted by Crippen LogP contribution is 2.24. The minimum absolute atomic E-state index is 0.0673. The van der Waals surface area contributed by atoms with Crippen LogP contribution in [-0.4, -0.2) is 75.1 Å². The summed E-state index contributed by atoms with van der Waals surface area (Å²) in [5.74, 6) is 0.938. The number of aromatic nitrogens is 4. The fourth-order valence-electron chi connectivity index (χ4n) is 3.96. The summed E-state index contributed by atoms with van der Waals surface area (Å²) in [6.07, 6.45) is 6.86. The van der Waals surface area contributed by atoms with Crippen molar-refractivity contribution in [2.45, 2.75) is 32.2 Å². The second kappa shape index (κ2) is 12.0. The lowest BCUT2D eigenvalue weighted by Crippen LogP contribution is -2.58. The maximum Gasteiger partial charge on any atom is 0.317 e. The highest BCUT2D eigenvalue weighted by molar-refractivity contribution is 7.09. The highest BCUT2D eigenvalue weighted by Gasteiger charge is 2.32. The van der Waals surface area contributed by atoms with Gasteiger partial charge in [-0.3, -0.25) is 9.36 Å². The maximum atomic E-state index is 12.9. The van der Waals surface area contributed by atoms with Gasteiger partial charge in [-0.2, -0.15) is 4.98 Å². The number of carbonyl (C=O) groups is 2. The van der Waals surface area contributed by atoms with Crippen LogP contribution < -0.4 is 15.5 Å². The Labute approximate surface area is 213 Å². The van der Waals surface area contributed by atoms with E-state index >= 15 is 0 Å². The van der Waals surface area contributed by atoms with E-state index in [0.29, 0.717) is 49.6 Å². The van der Waals surface area contributed by atoms with Crippen LogP contribution in [0.2, 0.25) is 5.15 Å². The van der Waals surface area contributed by atoms with Gasteiger partial charge in [0.05, 0.1) is 6.04 Å². The van der Waals surface area contributed by atoms with Gasteiger partial charge < -0.3 is 20.4 Å². The van der Waals surface area contributed by atoms with E-state index in [-0.39, 0.29) is 24.4 Å². The molecule has 2 N–H and O–H groups in total. The van der Waals surface area contributed by atoms with E-state index in [2.05, 4.69) is 31.7 Å². The van der Waals surface area contributed by atoms with Gasteiger partial charge in [-0.15, -0.1) is 11.3 Å². The average molecular weight is 517 g/mol. The number of nitrogens with one attached hydrogen (secondary N) is 2. The fraction of sp³-hybridized carbons (Fsp3) is 0.435. The molecule has 186 valence electrons. The van der Waals surface area contributed by atoms with Crippen molar-refractivity contribution in [3.05, 3.63) is 52.3 Å². The first-order valence-corrected chi connectivity index (χ1v) is 12.9. The van der Waals surface area contributed by atoms with Crippen molar-refractivity contribution in [3.63, 3.8) is 0 Å². The number of hydrogen-bond acceptors (Lipinski definition) is 7. The zero-order valence-electron chi connectivity index (χ0n) is 19.6. The van der Waals surface area contributed by atoms with E-state index < -0.39 is 0 Å². The van der Waals surface area contributed by atoms with Gasteiger partial charge in [-0.25, -0.2) is 14.8 Å².